The van der Waals surface area contributed by atoms with Crippen molar-refractivity contribution in [1.82, 2.24) is 4.90 Å². The maximum atomic E-state index is 11.6. The van der Waals surface area contributed by atoms with E-state index in [-0.39, 0.29) is 11.5 Å². The molecule has 5 heteroatoms. The van der Waals surface area contributed by atoms with Crippen LogP contribution in [0.4, 0.5) is 0 Å². The van der Waals surface area contributed by atoms with Crippen molar-refractivity contribution >= 4 is 9.84 Å². The van der Waals surface area contributed by atoms with Crippen molar-refractivity contribution in [3.05, 3.63) is 29.8 Å². The molecule has 1 atom stereocenters. The Hall–Kier alpha value is -1.07. The predicted molar refractivity (Wildman–Crippen MR) is 76.1 cm³/mol. The fourth-order valence-corrected chi connectivity index (χ4v) is 3.79. The lowest BCUT2D eigenvalue weighted by molar-refractivity contribution is 0.224. The molecule has 0 radical (unpaired) electrons. The third-order valence-corrected chi connectivity index (χ3v) is 5.40. The standard InChI is InChI=1S/C14H21NO3S/c1-12(11-13-3-5-14(16)6-4-13)15-7-2-9-19(17,18)10-8-15/h3-6,12,16H,2,7-11H2,1H3. The van der Waals surface area contributed by atoms with E-state index in [4.69, 9.17) is 0 Å². The Bertz CT molecular complexity index is 510. The fraction of sp³-hybridized carbons (Fsp3) is 0.571. The minimum atomic E-state index is -2.84. The van der Waals surface area contributed by atoms with Gasteiger partial charge >= 0.3 is 0 Å². The van der Waals surface area contributed by atoms with Crippen LogP contribution in [0.5, 0.6) is 5.75 Å². The summed E-state index contributed by atoms with van der Waals surface area (Å²) in [5.41, 5.74) is 1.16. The van der Waals surface area contributed by atoms with Crippen LogP contribution in [0.15, 0.2) is 24.3 Å². The lowest BCUT2D eigenvalue weighted by Gasteiger charge is -2.27. The molecule has 0 aromatic heterocycles. The molecule has 1 aliphatic heterocycles. The molecule has 0 amide bonds. The Morgan fingerprint density at radius 3 is 2.58 bits per heavy atom. The maximum absolute atomic E-state index is 11.6. The Labute approximate surface area is 115 Å². The summed E-state index contributed by atoms with van der Waals surface area (Å²) in [6.07, 6.45) is 1.60. The Morgan fingerprint density at radius 2 is 1.89 bits per heavy atom. The van der Waals surface area contributed by atoms with E-state index in [1.807, 2.05) is 12.1 Å². The molecule has 106 valence electrons. The summed E-state index contributed by atoms with van der Waals surface area (Å²) < 4.78 is 23.2. The molecule has 19 heavy (non-hydrogen) atoms. The number of phenolic OH excluding ortho intramolecular Hbond substituents is 1. The van der Waals surface area contributed by atoms with Crippen LogP contribution in [-0.2, 0) is 16.3 Å². The second-order valence-corrected chi connectivity index (χ2v) is 7.56. The zero-order valence-corrected chi connectivity index (χ0v) is 12.1. The lowest BCUT2D eigenvalue weighted by atomic mass is 10.1. The predicted octanol–water partition coefficient (Wildman–Crippen LogP) is 1.44. The van der Waals surface area contributed by atoms with E-state index in [2.05, 4.69) is 11.8 Å². The van der Waals surface area contributed by atoms with Gasteiger partial charge in [-0.05, 0) is 44.0 Å². The normalized spacial score (nSPS) is 21.7. The van der Waals surface area contributed by atoms with Crippen LogP contribution < -0.4 is 0 Å². The Kier molecular flexibility index (Phi) is 4.47. The number of benzene rings is 1. The zero-order valence-electron chi connectivity index (χ0n) is 11.2. The summed E-state index contributed by atoms with van der Waals surface area (Å²) in [7, 11) is -2.84. The highest BCUT2D eigenvalue weighted by Crippen LogP contribution is 2.15. The van der Waals surface area contributed by atoms with Crippen molar-refractivity contribution in [2.24, 2.45) is 0 Å². The van der Waals surface area contributed by atoms with Gasteiger partial charge in [-0.25, -0.2) is 8.42 Å². The molecular formula is C14H21NO3S. The van der Waals surface area contributed by atoms with Gasteiger partial charge in [0.2, 0.25) is 0 Å². The van der Waals surface area contributed by atoms with Gasteiger partial charge in [0.05, 0.1) is 11.5 Å². The molecule has 0 aliphatic carbocycles. The molecule has 2 rings (SSSR count). The van der Waals surface area contributed by atoms with Crippen LogP contribution in [0.25, 0.3) is 0 Å². The van der Waals surface area contributed by atoms with Crippen molar-refractivity contribution < 1.29 is 13.5 Å². The third kappa shape index (κ3) is 4.21. The molecule has 1 fully saturated rings. The summed E-state index contributed by atoms with van der Waals surface area (Å²) in [5, 5.41) is 9.26. The molecule has 0 bridgehead atoms. The maximum Gasteiger partial charge on any atom is 0.151 e. The highest BCUT2D eigenvalue weighted by atomic mass is 32.2. The summed E-state index contributed by atoms with van der Waals surface area (Å²) in [5.74, 6) is 0.861. The molecule has 1 unspecified atom stereocenters. The van der Waals surface area contributed by atoms with Crippen LogP contribution in [0.1, 0.15) is 18.9 Å². The third-order valence-electron chi connectivity index (χ3n) is 3.68. The molecule has 0 saturated carbocycles. The van der Waals surface area contributed by atoms with E-state index in [1.165, 1.54) is 0 Å². The van der Waals surface area contributed by atoms with E-state index < -0.39 is 9.84 Å². The van der Waals surface area contributed by atoms with Crippen LogP contribution in [-0.4, -0.2) is 49.1 Å². The molecule has 4 nitrogen and oxygen atoms in total. The van der Waals surface area contributed by atoms with Crippen LogP contribution in [0, 0.1) is 0 Å². The summed E-state index contributed by atoms with van der Waals surface area (Å²) in [6, 6.07) is 7.53. The van der Waals surface area contributed by atoms with Crippen molar-refractivity contribution in [2.45, 2.75) is 25.8 Å². The first-order chi connectivity index (χ1) is 8.96. The molecule has 1 saturated heterocycles. The first kappa shape index (κ1) is 14.3. The van der Waals surface area contributed by atoms with Crippen molar-refractivity contribution in [3.63, 3.8) is 0 Å². The largest absolute Gasteiger partial charge is 0.508 e. The smallest absolute Gasteiger partial charge is 0.151 e. The number of hydrogen-bond acceptors (Lipinski definition) is 4. The van der Waals surface area contributed by atoms with E-state index in [0.717, 1.165) is 24.9 Å². The van der Waals surface area contributed by atoms with Crippen LogP contribution in [0.3, 0.4) is 0 Å². The monoisotopic (exact) mass is 283 g/mol. The molecule has 1 N–H and O–H groups in total. The number of aromatic hydroxyl groups is 1. The fourth-order valence-electron chi connectivity index (χ4n) is 2.50. The lowest BCUT2D eigenvalue weighted by Crippen LogP contribution is -2.36. The topological polar surface area (TPSA) is 57.6 Å². The first-order valence-corrected chi connectivity index (χ1v) is 8.51. The van der Waals surface area contributed by atoms with E-state index in [0.29, 0.717) is 18.3 Å². The average molecular weight is 283 g/mol. The SMILES string of the molecule is CC(Cc1ccc(O)cc1)N1CCCS(=O)(=O)CC1. The van der Waals surface area contributed by atoms with E-state index >= 15 is 0 Å². The Balaban J connectivity index is 1.96. The van der Waals surface area contributed by atoms with E-state index in [1.54, 1.807) is 12.1 Å². The summed E-state index contributed by atoms with van der Waals surface area (Å²) >= 11 is 0. The molecule has 1 aromatic carbocycles. The van der Waals surface area contributed by atoms with Gasteiger partial charge in [0, 0.05) is 12.6 Å². The number of hydrogen-bond donors (Lipinski definition) is 1. The quantitative estimate of drug-likeness (QED) is 0.912. The van der Waals surface area contributed by atoms with Gasteiger partial charge in [-0.3, -0.25) is 4.90 Å². The van der Waals surface area contributed by atoms with Gasteiger partial charge in [0.1, 0.15) is 5.75 Å². The van der Waals surface area contributed by atoms with Gasteiger partial charge in [0.15, 0.2) is 9.84 Å². The molecule has 1 aromatic rings. The van der Waals surface area contributed by atoms with Crippen LogP contribution >= 0.6 is 0 Å². The number of sulfone groups is 1. The highest BCUT2D eigenvalue weighted by Gasteiger charge is 2.22. The molecule has 0 spiro atoms. The van der Waals surface area contributed by atoms with E-state index in [9.17, 15) is 13.5 Å². The van der Waals surface area contributed by atoms with Gasteiger partial charge in [0.25, 0.3) is 0 Å². The van der Waals surface area contributed by atoms with Gasteiger partial charge in [-0.1, -0.05) is 12.1 Å². The van der Waals surface area contributed by atoms with Crippen molar-refractivity contribution in [3.8, 4) is 5.75 Å². The molecular weight excluding hydrogens is 262 g/mol. The van der Waals surface area contributed by atoms with Gasteiger partial charge < -0.3 is 5.11 Å². The first-order valence-electron chi connectivity index (χ1n) is 6.69. The highest BCUT2D eigenvalue weighted by molar-refractivity contribution is 7.91. The van der Waals surface area contributed by atoms with Crippen molar-refractivity contribution in [1.29, 1.82) is 0 Å². The summed E-state index contributed by atoms with van der Waals surface area (Å²) in [4.78, 5) is 2.25. The second-order valence-electron chi connectivity index (χ2n) is 5.26. The molecule has 1 heterocycles. The minimum absolute atomic E-state index is 0.271. The van der Waals surface area contributed by atoms with Gasteiger partial charge in [-0.15, -0.1) is 0 Å². The second kappa shape index (κ2) is 5.92. The Morgan fingerprint density at radius 1 is 1.21 bits per heavy atom. The number of phenols is 1. The van der Waals surface area contributed by atoms with Crippen LogP contribution in [0.2, 0.25) is 0 Å². The number of rotatable bonds is 3. The number of nitrogens with zero attached hydrogens (tertiary/aromatic N) is 1. The zero-order chi connectivity index (χ0) is 13.9. The van der Waals surface area contributed by atoms with Crippen molar-refractivity contribution in [2.75, 3.05) is 24.6 Å². The molecule has 1 aliphatic rings. The van der Waals surface area contributed by atoms with Gasteiger partial charge in [-0.2, -0.15) is 0 Å². The minimum Gasteiger partial charge on any atom is -0.508 e. The average Bonchev–Trinajstić information content (AvgIpc) is 2.53. The summed E-state index contributed by atoms with van der Waals surface area (Å²) in [6.45, 7) is 3.60.